The van der Waals surface area contributed by atoms with Gasteiger partial charge in [-0.1, -0.05) is 24.3 Å². The Morgan fingerprint density at radius 3 is 1.06 bits per heavy atom. The largest absolute Gasteiger partial charge is 0.361 e. The van der Waals surface area contributed by atoms with Crippen molar-refractivity contribution in [2.24, 2.45) is 0 Å². The quantitative estimate of drug-likeness (QED) is 0.420. The van der Waals surface area contributed by atoms with E-state index in [1.54, 1.807) is 0 Å². The van der Waals surface area contributed by atoms with Gasteiger partial charge in [-0.3, -0.25) is 0 Å². The molecular weight excluding hydrogens is 224 g/mol. The minimum atomic E-state index is 0.494. The first-order chi connectivity index (χ1) is 8.86. The first-order valence-corrected chi connectivity index (χ1v) is 5.50. The standard InChI is InChI=1S/C14H8N4/c15-17-13-9-5-1-2-6-10(9)14(18-16)12-8-4-3-7-11(12)13/h1-8H. The minimum absolute atomic E-state index is 0.494. The molecule has 18 heavy (non-hydrogen) atoms. The monoisotopic (exact) mass is 232 g/mol. The molecule has 0 atom stereocenters. The van der Waals surface area contributed by atoms with E-state index >= 15 is 0 Å². The summed E-state index contributed by atoms with van der Waals surface area (Å²) in [4.78, 5) is 6.76. The normalized spacial score (nSPS) is 12.2. The van der Waals surface area contributed by atoms with Gasteiger partial charge in [0.2, 0.25) is 0 Å². The van der Waals surface area contributed by atoms with Crippen LogP contribution in [-0.2, 0) is 0 Å². The van der Waals surface area contributed by atoms with Gasteiger partial charge in [-0.2, -0.15) is 9.58 Å². The summed E-state index contributed by atoms with van der Waals surface area (Å²) in [6.45, 7) is 0. The smallest absolute Gasteiger partial charge is 0.331 e. The summed E-state index contributed by atoms with van der Waals surface area (Å²) in [6.07, 6.45) is 0. The topological polar surface area (TPSA) is 72.8 Å². The number of hydrogen-bond acceptors (Lipinski definition) is 0. The van der Waals surface area contributed by atoms with E-state index in [0.717, 1.165) is 22.3 Å². The molecule has 0 amide bonds. The fourth-order valence-electron chi connectivity index (χ4n) is 2.30. The molecule has 0 aliphatic heterocycles. The number of benzene rings is 2. The fraction of sp³-hybridized carbons (Fsp3) is 0. The number of hydrogen-bond donors (Lipinski definition) is 0. The van der Waals surface area contributed by atoms with Gasteiger partial charge in [0.25, 0.3) is 0 Å². The summed E-state index contributed by atoms with van der Waals surface area (Å²) in [7, 11) is 0. The third kappa shape index (κ3) is 1.28. The van der Waals surface area contributed by atoms with E-state index in [1.807, 2.05) is 48.5 Å². The Bertz CT molecular complexity index is 632. The summed E-state index contributed by atoms with van der Waals surface area (Å²) in [5.41, 5.74) is 22.5. The highest BCUT2D eigenvalue weighted by Crippen LogP contribution is 2.26. The maximum absolute atomic E-state index is 9.23. The van der Waals surface area contributed by atoms with E-state index in [0.29, 0.717) is 11.4 Å². The van der Waals surface area contributed by atoms with Crippen molar-refractivity contribution in [2.75, 3.05) is 0 Å². The van der Waals surface area contributed by atoms with Gasteiger partial charge < -0.3 is 11.1 Å². The second kappa shape index (κ2) is 3.90. The van der Waals surface area contributed by atoms with E-state index in [4.69, 9.17) is 0 Å². The van der Waals surface area contributed by atoms with E-state index in [2.05, 4.69) is 9.58 Å². The van der Waals surface area contributed by atoms with Crippen molar-refractivity contribution in [3.63, 3.8) is 0 Å². The average molecular weight is 232 g/mol. The third-order valence-electron chi connectivity index (χ3n) is 3.07. The van der Waals surface area contributed by atoms with Crippen LogP contribution in [0, 0.1) is 0 Å². The van der Waals surface area contributed by atoms with Crippen LogP contribution in [-0.4, -0.2) is 21.0 Å². The van der Waals surface area contributed by atoms with Crippen molar-refractivity contribution < 1.29 is 9.58 Å². The van der Waals surface area contributed by atoms with Gasteiger partial charge in [0.15, 0.2) is 0 Å². The van der Waals surface area contributed by atoms with Crippen LogP contribution >= 0.6 is 0 Å². The van der Waals surface area contributed by atoms with E-state index < -0.39 is 0 Å². The molecule has 0 radical (unpaired) electrons. The third-order valence-corrected chi connectivity index (χ3v) is 3.07. The first kappa shape index (κ1) is 10.4. The van der Waals surface area contributed by atoms with Gasteiger partial charge in [0, 0.05) is 0 Å². The zero-order valence-electron chi connectivity index (χ0n) is 9.41. The Hall–Kier alpha value is -2.80. The highest BCUT2D eigenvalue weighted by atomic mass is 14.9. The summed E-state index contributed by atoms with van der Waals surface area (Å²) in [6, 6.07) is 14.8. The Kier molecular flexibility index (Phi) is 2.24. The van der Waals surface area contributed by atoms with Gasteiger partial charge in [0.05, 0.1) is 22.3 Å². The maximum Gasteiger partial charge on any atom is 0.331 e. The lowest BCUT2D eigenvalue weighted by atomic mass is 9.83. The fourth-order valence-corrected chi connectivity index (χ4v) is 2.30. The van der Waals surface area contributed by atoms with Crippen LogP contribution in [0.1, 0.15) is 22.3 Å². The van der Waals surface area contributed by atoms with Crippen LogP contribution < -0.4 is 0 Å². The molecule has 4 nitrogen and oxygen atoms in total. The van der Waals surface area contributed by atoms with E-state index in [1.165, 1.54) is 0 Å². The number of fused-ring (bicyclic) bond motifs is 2. The lowest BCUT2D eigenvalue weighted by molar-refractivity contribution is -0.00719. The van der Waals surface area contributed by atoms with Crippen molar-refractivity contribution in [1.82, 2.24) is 0 Å². The van der Waals surface area contributed by atoms with Gasteiger partial charge in [-0.25, -0.2) is 0 Å². The molecule has 0 saturated heterocycles. The molecule has 1 aliphatic carbocycles. The second-order valence-electron chi connectivity index (χ2n) is 3.99. The van der Waals surface area contributed by atoms with Crippen molar-refractivity contribution in [2.45, 2.75) is 0 Å². The van der Waals surface area contributed by atoms with Crippen LogP contribution in [0.3, 0.4) is 0 Å². The molecule has 0 bridgehead atoms. The Morgan fingerprint density at radius 1 is 0.556 bits per heavy atom. The molecule has 0 fully saturated rings. The van der Waals surface area contributed by atoms with Gasteiger partial charge in [-0.05, 0) is 24.3 Å². The second-order valence-corrected chi connectivity index (χ2v) is 3.99. The zero-order valence-corrected chi connectivity index (χ0v) is 9.41. The summed E-state index contributed by atoms with van der Waals surface area (Å²) < 4.78 is 0. The van der Waals surface area contributed by atoms with Gasteiger partial charge in [-0.15, -0.1) is 0 Å². The molecule has 84 valence electrons. The summed E-state index contributed by atoms with van der Waals surface area (Å²) in [5, 5.41) is 0. The molecule has 0 unspecified atom stereocenters. The lowest BCUT2D eigenvalue weighted by Gasteiger charge is -2.11. The van der Waals surface area contributed by atoms with Crippen molar-refractivity contribution in [3.05, 3.63) is 81.8 Å². The molecule has 2 aromatic rings. The first-order valence-electron chi connectivity index (χ1n) is 5.50. The SMILES string of the molecule is [N-]=[N+]=C1c2ccccc2C(=[N+]=[N-])c2ccccc21. The van der Waals surface area contributed by atoms with E-state index in [9.17, 15) is 11.1 Å². The molecule has 0 saturated carbocycles. The highest BCUT2D eigenvalue weighted by molar-refractivity contribution is 6.28. The summed E-state index contributed by atoms with van der Waals surface area (Å²) in [5.74, 6) is 0. The molecule has 2 aromatic carbocycles. The molecule has 0 spiro atoms. The van der Waals surface area contributed by atoms with Crippen LogP contribution in [0.15, 0.2) is 48.5 Å². The van der Waals surface area contributed by atoms with Crippen molar-refractivity contribution >= 4 is 11.4 Å². The molecule has 0 N–H and O–H groups in total. The molecule has 1 aliphatic rings. The van der Waals surface area contributed by atoms with Crippen LogP contribution in [0.25, 0.3) is 11.1 Å². The van der Waals surface area contributed by atoms with Crippen LogP contribution in [0.4, 0.5) is 0 Å². The molecule has 4 heteroatoms. The Labute approximate surface area is 103 Å². The van der Waals surface area contributed by atoms with Crippen molar-refractivity contribution in [1.29, 1.82) is 0 Å². The molecule has 0 aromatic heterocycles. The van der Waals surface area contributed by atoms with Crippen LogP contribution in [0.5, 0.6) is 0 Å². The zero-order chi connectivity index (χ0) is 12.5. The average Bonchev–Trinajstić information content (AvgIpc) is 2.44. The Balaban J connectivity index is 2.47. The predicted octanol–water partition coefficient (Wildman–Crippen LogP) is 2.13. The molecule has 3 rings (SSSR count). The highest BCUT2D eigenvalue weighted by Gasteiger charge is 2.35. The van der Waals surface area contributed by atoms with Crippen molar-refractivity contribution in [3.8, 4) is 0 Å². The Morgan fingerprint density at radius 2 is 0.833 bits per heavy atom. The molecular formula is C14H8N4. The number of rotatable bonds is 0. The molecule has 0 heterocycles. The lowest BCUT2D eigenvalue weighted by Crippen LogP contribution is -2.23. The summed E-state index contributed by atoms with van der Waals surface area (Å²) >= 11 is 0. The van der Waals surface area contributed by atoms with Crippen LogP contribution in [0.2, 0.25) is 0 Å². The maximum atomic E-state index is 9.23. The predicted molar refractivity (Wildman–Crippen MR) is 66.5 cm³/mol. The minimum Gasteiger partial charge on any atom is -0.361 e. The number of nitrogens with zero attached hydrogens (tertiary/aromatic N) is 4. The van der Waals surface area contributed by atoms with Gasteiger partial charge in [0.1, 0.15) is 0 Å². The van der Waals surface area contributed by atoms with E-state index in [-0.39, 0.29) is 0 Å². The van der Waals surface area contributed by atoms with Gasteiger partial charge >= 0.3 is 11.4 Å².